The molecule has 3 aromatic carbocycles. The fraction of sp³-hybridized carbons (Fsp3) is 0. The van der Waals surface area contributed by atoms with E-state index in [0.717, 1.165) is 21.4 Å². The molecule has 88 valence electrons. The number of hydrogen-bond acceptors (Lipinski definition) is 1. The Morgan fingerprint density at radius 3 is 2.22 bits per heavy atom. The number of benzene rings is 3. The van der Waals surface area contributed by atoms with Crippen LogP contribution >= 0.6 is 15.9 Å². The van der Waals surface area contributed by atoms with Gasteiger partial charge in [0, 0.05) is 5.39 Å². The molecule has 0 N–H and O–H groups in total. The summed E-state index contributed by atoms with van der Waals surface area (Å²) in [6.45, 7) is 0. The minimum absolute atomic E-state index is 0.828. The third kappa shape index (κ3) is 2.12. The van der Waals surface area contributed by atoms with Crippen LogP contribution in [0.4, 0.5) is 0 Å². The second kappa shape index (κ2) is 4.83. The normalized spacial score (nSPS) is 10.5. The highest BCUT2D eigenvalue weighted by atomic mass is 79.9. The molecule has 0 atom stereocenters. The Labute approximate surface area is 114 Å². The minimum atomic E-state index is 0.828. The van der Waals surface area contributed by atoms with Gasteiger partial charge in [0.05, 0.1) is 4.47 Å². The van der Waals surface area contributed by atoms with Crippen molar-refractivity contribution in [3.8, 4) is 11.5 Å². The van der Waals surface area contributed by atoms with Crippen molar-refractivity contribution in [3.63, 3.8) is 0 Å². The molecule has 3 rings (SSSR count). The molecule has 18 heavy (non-hydrogen) atoms. The smallest absolute Gasteiger partial charge is 0.141 e. The molecule has 0 heterocycles. The molecule has 0 spiro atoms. The summed E-state index contributed by atoms with van der Waals surface area (Å²) in [6.07, 6.45) is 0. The predicted octanol–water partition coefficient (Wildman–Crippen LogP) is 5.39. The SMILES string of the molecule is Brc1ccccc1Oc1cccc2ccccc12. The monoisotopic (exact) mass is 298 g/mol. The first-order valence-corrected chi connectivity index (χ1v) is 6.54. The molecule has 0 saturated heterocycles. The van der Waals surface area contributed by atoms with E-state index < -0.39 is 0 Å². The zero-order valence-electron chi connectivity index (χ0n) is 9.64. The first-order chi connectivity index (χ1) is 8.84. The maximum Gasteiger partial charge on any atom is 0.141 e. The standard InChI is InChI=1S/C16H11BrO/c17-14-9-3-4-10-16(14)18-15-11-5-7-12-6-1-2-8-13(12)15/h1-11H. The van der Waals surface area contributed by atoms with Gasteiger partial charge in [0.1, 0.15) is 11.5 Å². The van der Waals surface area contributed by atoms with E-state index in [-0.39, 0.29) is 0 Å². The Hall–Kier alpha value is -1.80. The van der Waals surface area contributed by atoms with Crippen LogP contribution in [0.2, 0.25) is 0 Å². The van der Waals surface area contributed by atoms with Crippen molar-refractivity contribution >= 4 is 26.7 Å². The Morgan fingerprint density at radius 2 is 1.33 bits per heavy atom. The van der Waals surface area contributed by atoms with Crippen LogP contribution in [0.15, 0.2) is 71.2 Å². The minimum Gasteiger partial charge on any atom is -0.456 e. The first kappa shape index (κ1) is 11.3. The van der Waals surface area contributed by atoms with E-state index in [1.54, 1.807) is 0 Å². The molecule has 0 aliphatic heterocycles. The molecule has 2 heteroatoms. The molecule has 0 fully saturated rings. The van der Waals surface area contributed by atoms with Crippen LogP contribution in [-0.2, 0) is 0 Å². The largest absolute Gasteiger partial charge is 0.456 e. The molecule has 0 aromatic heterocycles. The number of rotatable bonds is 2. The summed E-state index contributed by atoms with van der Waals surface area (Å²) in [5.41, 5.74) is 0. The quantitative estimate of drug-likeness (QED) is 0.616. The van der Waals surface area contributed by atoms with Gasteiger partial charge in [-0.15, -0.1) is 0 Å². The number of fused-ring (bicyclic) bond motifs is 1. The van der Waals surface area contributed by atoms with Crippen molar-refractivity contribution in [1.29, 1.82) is 0 Å². The first-order valence-electron chi connectivity index (χ1n) is 5.75. The van der Waals surface area contributed by atoms with Gasteiger partial charge in [-0.1, -0.05) is 48.5 Å². The van der Waals surface area contributed by atoms with Gasteiger partial charge >= 0.3 is 0 Å². The van der Waals surface area contributed by atoms with Crippen molar-refractivity contribution in [1.82, 2.24) is 0 Å². The van der Waals surface area contributed by atoms with Crippen LogP contribution < -0.4 is 4.74 Å². The van der Waals surface area contributed by atoms with Gasteiger partial charge < -0.3 is 4.74 Å². The van der Waals surface area contributed by atoms with Crippen LogP contribution in [-0.4, -0.2) is 0 Å². The second-order valence-electron chi connectivity index (χ2n) is 4.01. The predicted molar refractivity (Wildman–Crippen MR) is 78.2 cm³/mol. The van der Waals surface area contributed by atoms with Crippen LogP contribution in [0.3, 0.4) is 0 Å². The lowest BCUT2D eigenvalue weighted by atomic mass is 10.1. The van der Waals surface area contributed by atoms with Gasteiger partial charge in [0.25, 0.3) is 0 Å². The topological polar surface area (TPSA) is 9.23 Å². The van der Waals surface area contributed by atoms with E-state index in [2.05, 4.69) is 34.1 Å². The molecule has 0 radical (unpaired) electrons. The van der Waals surface area contributed by atoms with E-state index in [1.165, 1.54) is 5.39 Å². The van der Waals surface area contributed by atoms with Gasteiger partial charge in [-0.05, 0) is 39.5 Å². The van der Waals surface area contributed by atoms with Gasteiger partial charge in [-0.25, -0.2) is 0 Å². The van der Waals surface area contributed by atoms with Gasteiger partial charge in [-0.3, -0.25) is 0 Å². The number of para-hydroxylation sites is 1. The fourth-order valence-corrected chi connectivity index (χ4v) is 2.30. The third-order valence-electron chi connectivity index (χ3n) is 2.81. The Kier molecular flexibility index (Phi) is 3.03. The number of hydrogen-bond donors (Lipinski definition) is 0. The Bertz CT molecular complexity index is 686. The van der Waals surface area contributed by atoms with Gasteiger partial charge in [-0.2, -0.15) is 0 Å². The van der Waals surface area contributed by atoms with Crippen LogP contribution in [0.5, 0.6) is 11.5 Å². The van der Waals surface area contributed by atoms with E-state index in [9.17, 15) is 0 Å². The van der Waals surface area contributed by atoms with Gasteiger partial charge in [0.2, 0.25) is 0 Å². The molecule has 0 amide bonds. The molecule has 1 nitrogen and oxygen atoms in total. The van der Waals surface area contributed by atoms with Crippen LogP contribution in [0.1, 0.15) is 0 Å². The average Bonchev–Trinajstić information content (AvgIpc) is 2.42. The molecule has 0 unspecified atom stereocenters. The lowest BCUT2D eigenvalue weighted by Crippen LogP contribution is -1.86. The highest BCUT2D eigenvalue weighted by molar-refractivity contribution is 9.10. The summed E-state index contributed by atoms with van der Waals surface area (Å²) in [6, 6.07) is 22.2. The summed E-state index contributed by atoms with van der Waals surface area (Å²) in [5, 5.41) is 2.30. The zero-order chi connectivity index (χ0) is 12.4. The fourth-order valence-electron chi connectivity index (χ4n) is 1.93. The van der Waals surface area contributed by atoms with Crippen molar-refractivity contribution in [2.45, 2.75) is 0 Å². The van der Waals surface area contributed by atoms with Crippen LogP contribution in [0.25, 0.3) is 10.8 Å². The van der Waals surface area contributed by atoms with Crippen molar-refractivity contribution in [2.75, 3.05) is 0 Å². The number of halogens is 1. The lowest BCUT2D eigenvalue weighted by molar-refractivity contribution is 0.485. The summed E-state index contributed by atoms with van der Waals surface area (Å²) < 4.78 is 6.93. The van der Waals surface area contributed by atoms with E-state index in [1.807, 2.05) is 48.5 Å². The molecular formula is C16H11BrO. The highest BCUT2D eigenvalue weighted by Crippen LogP contribution is 2.33. The highest BCUT2D eigenvalue weighted by Gasteiger charge is 2.04. The summed E-state index contributed by atoms with van der Waals surface area (Å²) in [5.74, 6) is 1.70. The van der Waals surface area contributed by atoms with Crippen molar-refractivity contribution in [2.24, 2.45) is 0 Å². The third-order valence-corrected chi connectivity index (χ3v) is 3.46. The average molecular weight is 299 g/mol. The zero-order valence-corrected chi connectivity index (χ0v) is 11.2. The summed E-state index contributed by atoms with van der Waals surface area (Å²) in [7, 11) is 0. The summed E-state index contributed by atoms with van der Waals surface area (Å²) in [4.78, 5) is 0. The molecule has 0 saturated carbocycles. The second-order valence-corrected chi connectivity index (χ2v) is 4.86. The molecule has 0 aliphatic carbocycles. The van der Waals surface area contributed by atoms with Gasteiger partial charge in [0.15, 0.2) is 0 Å². The maximum atomic E-state index is 5.98. The van der Waals surface area contributed by atoms with Crippen molar-refractivity contribution < 1.29 is 4.74 Å². The van der Waals surface area contributed by atoms with Crippen molar-refractivity contribution in [3.05, 3.63) is 71.2 Å². The van der Waals surface area contributed by atoms with E-state index in [0.29, 0.717) is 0 Å². The van der Waals surface area contributed by atoms with Crippen LogP contribution in [0, 0.1) is 0 Å². The van der Waals surface area contributed by atoms with E-state index >= 15 is 0 Å². The number of ether oxygens (including phenoxy) is 1. The molecule has 0 bridgehead atoms. The molecule has 0 aliphatic rings. The molecule has 3 aromatic rings. The maximum absolute atomic E-state index is 5.98. The lowest BCUT2D eigenvalue weighted by Gasteiger charge is -2.10. The Morgan fingerprint density at radius 1 is 0.667 bits per heavy atom. The molecular weight excluding hydrogens is 288 g/mol. The summed E-state index contributed by atoms with van der Waals surface area (Å²) >= 11 is 3.49. The van der Waals surface area contributed by atoms with E-state index in [4.69, 9.17) is 4.74 Å². The Balaban J connectivity index is 2.08.